The minimum Gasteiger partial charge on any atom is -0.489 e. The number of fused-ring (bicyclic) bond motifs is 1. The third kappa shape index (κ3) is 3.33. The van der Waals surface area contributed by atoms with E-state index in [1.54, 1.807) is 0 Å². The zero-order valence-electron chi connectivity index (χ0n) is 14.0. The van der Waals surface area contributed by atoms with Crippen LogP contribution in [0.15, 0.2) is 78.9 Å². The van der Waals surface area contributed by atoms with Gasteiger partial charge in [-0.1, -0.05) is 42.5 Å². The van der Waals surface area contributed by atoms with Gasteiger partial charge in [0.25, 0.3) is 0 Å². The Balaban J connectivity index is 1.45. The maximum absolute atomic E-state index is 5.82. The molecule has 0 bridgehead atoms. The first kappa shape index (κ1) is 15.3. The van der Waals surface area contributed by atoms with E-state index < -0.39 is 0 Å². The average molecular weight is 329 g/mol. The average Bonchev–Trinajstić information content (AvgIpc) is 2.98. The van der Waals surface area contributed by atoms with Gasteiger partial charge in [0.2, 0.25) is 5.95 Å². The highest BCUT2D eigenvalue weighted by atomic mass is 16.5. The lowest BCUT2D eigenvalue weighted by Gasteiger charge is -2.09. The van der Waals surface area contributed by atoms with Crippen LogP contribution in [0.25, 0.3) is 11.0 Å². The third-order valence-electron chi connectivity index (χ3n) is 4.15. The van der Waals surface area contributed by atoms with E-state index in [0.29, 0.717) is 6.61 Å². The Labute approximate surface area is 146 Å². The van der Waals surface area contributed by atoms with Gasteiger partial charge in [-0.2, -0.15) is 0 Å². The predicted octanol–water partition coefficient (Wildman–Crippen LogP) is 4.90. The number of hydrogen-bond donors (Lipinski definition) is 1. The molecular weight excluding hydrogens is 310 g/mol. The summed E-state index contributed by atoms with van der Waals surface area (Å²) in [6.45, 7) is 0.568. The molecule has 0 saturated heterocycles. The summed E-state index contributed by atoms with van der Waals surface area (Å²) in [5.41, 5.74) is 4.22. The maximum atomic E-state index is 5.82. The molecule has 0 aliphatic carbocycles. The summed E-state index contributed by atoms with van der Waals surface area (Å²) < 4.78 is 7.87. The van der Waals surface area contributed by atoms with Crippen molar-refractivity contribution in [1.29, 1.82) is 0 Å². The molecule has 0 fully saturated rings. The van der Waals surface area contributed by atoms with Gasteiger partial charge < -0.3 is 14.6 Å². The molecule has 4 aromatic rings. The minimum absolute atomic E-state index is 0.568. The fraction of sp³-hybridized carbons (Fsp3) is 0.0952. The molecule has 1 N–H and O–H groups in total. The van der Waals surface area contributed by atoms with Crippen LogP contribution >= 0.6 is 0 Å². The number of aromatic nitrogens is 2. The van der Waals surface area contributed by atoms with E-state index in [4.69, 9.17) is 4.74 Å². The molecule has 0 atom stereocenters. The molecule has 0 spiro atoms. The van der Waals surface area contributed by atoms with Crippen molar-refractivity contribution < 1.29 is 4.74 Å². The van der Waals surface area contributed by atoms with E-state index in [2.05, 4.69) is 33.1 Å². The molecule has 4 rings (SSSR count). The zero-order chi connectivity index (χ0) is 17.1. The molecule has 1 aromatic heterocycles. The van der Waals surface area contributed by atoms with Gasteiger partial charge in [-0.3, -0.25) is 0 Å². The van der Waals surface area contributed by atoms with E-state index in [-0.39, 0.29) is 0 Å². The quantitative estimate of drug-likeness (QED) is 0.566. The van der Waals surface area contributed by atoms with Crippen LogP contribution in [-0.4, -0.2) is 9.55 Å². The number of imidazole rings is 1. The lowest BCUT2D eigenvalue weighted by Crippen LogP contribution is -1.99. The van der Waals surface area contributed by atoms with Crippen molar-refractivity contribution in [3.8, 4) is 5.75 Å². The van der Waals surface area contributed by atoms with Crippen LogP contribution in [0.3, 0.4) is 0 Å². The Morgan fingerprint density at radius 1 is 0.880 bits per heavy atom. The molecule has 0 saturated carbocycles. The number of nitrogens with zero attached hydrogens (tertiary/aromatic N) is 2. The fourth-order valence-corrected chi connectivity index (χ4v) is 2.76. The molecule has 3 aromatic carbocycles. The normalized spacial score (nSPS) is 10.8. The van der Waals surface area contributed by atoms with E-state index in [1.807, 2.05) is 67.7 Å². The number of anilines is 2. The van der Waals surface area contributed by atoms with Gasteiger partial charge in [0.05, 0.1) is 11.0 Å². The van der Waals surface area contributed by atoms with Crippen LogP contribution in [0.4, 0.5) is 11.6 Å². The van der Waals surface area contributed by atoms with Crippen molar-refractivity contribution in [2.45, 2.75) is 6.61 Å². The Kier molecular flexibility index (Phi) is 4.09. The summed E-state index contributed by atoms with van der Waals surface area (Å²) in [6.07, 6.45) is 0. The van der Waals surface area contributed by atoms with Gasteiger partial charge in [-0.05, 0) is 42.0 Å². The summed E-state index contributed by atoms with van der Waals surface area (Å²) >= 11 is 0. The topological polar surface area (TPSA) is 39.1 Å². The highest BCUT2D eigenvalue weighted by molar-refractivity contribution is 5.79. The standard InChI is InChI=1S/C21H19N3O/c1-24-20-10-6-5-9-19(20)23-21(24)22-17-11-13-18(14-12-17)25-15-16-7-3-2-4-8-16/h2-14H,15H2,1H3,(H,22,23). The van der Waals surface area contributed by atoms with Crippen molar-refractivity contribution in [1.82, 2.24) is 9.55 Å². The molecule has 1 heterocycles. The van der Waals surface area contributed by atoms with Crippen molar-refractivity contribution >= 4 is 22.7 Å². The Hall–Kier alpha value is -3.27. The lowest BCUT2D eigenvalue weighted by molar-refractivity contribution is 0.306. The Morgan fingerprint density at radius 2 is 1.60 bits per heavy atom. The largest absolute Gasteiger partial charge is 0.489 e. The second-order valence-electron chi connectivity index (χ2n) is 5.91. The van der Waals surface area contributed by atoms with Gasteiger partial charge in [-0.15, -0.1) is 0 Å². The molecule has 0 aliphatic rings. The zero-order valence-corrected chi connectivity index (χ0v) is 14.0. The predicted molar refractivity (Wildman–Crippen MR) is 101 cm³/mol. The molecule has 0 aliphatic heterocycles. The maximum Gasteiger partial charge on any atom is 0.208 e. The first-order valence-electron chi connectivity index (χ1n) is 8.25. The molecule has 124 valence electrons. The Bertz CT molecular complexity index is 975. The molecular formula is C21H19N3O. The summed E-state index contributed by atoms with van der Waals surface area (Å²) in [4.78, 5) is 4.63. The number of nitrogens with one attached hydrogen (secondary N) is 1. The van der Waals surface area contributed by atoms with Crippen LogP contribution < -0.4 is 10.1 Å². The second kappa shape index (κ2) is 6.69. The van der Waals surface area contributed by atoms with E-state index in [9.17, 15) is 0 Å². The van der Waals surface area contributed by atoms with Crippen LogP contribution in [0.5, 0.6) is 5.75 Å². The van der Waals surface area contributed by atoms with Crippen LogP contribution in [0, 0.1) is 0 Å². The number of ether oxygens (including phenoxy) is 1. The molecule has 0 amide bonds. The summed E-state index contributed by atoms with van der Waals surface area (Å²) in [6, 6.07) is 26.2. The van der Waals surface area contributed by atoms with Gasteiger partial charge >= 0.3 is 0 Å². The van der Waals surface area contributed by atoms with Gasteiger partial charge in [0.15, 0.2) is 0 Å². The Morgan fingerprint density at radius 3 is 2.36 bits per heavy atom. The number of rotatable bonds is 5. The number of para-hydroxylation sites is 2. The van der Waals surface area contributed by atoms with E-state index in [0.717, 1.165) is 34.0 Å². The monoisotopic (exact) mass is 329 g/mol. The first-order valence-corrected chi connectivity index (χ1v) is 8.25. The van der Waals surface area contributed by atoms with Crippen molar-refractivity contribution in [3.63, 3.8) is 0 Å². The SMILES string of the molecule is Cn1c(Nc2ccc(OCc3ccccc3)cc2)nc2ccccc21. The summed E-state index contributed by atoms with van der Waals surface area (Å²) in [5, 5.41) is 3.36. The van der Waals surface area contributed by atoms with Gasteiger partial charge in [0.1, 0.15) is 12.4 Å². The fourth-order valence-electron chi connectivity index (χ4n) is 2.76. The molecule has 4 heteroatoms. The number of aryl methyl sites for hydroxylation is 1. The second-order valence-corrected chi connectivity index (χ2v) is 5.91. The molecule has 4 nitrogen and oxygen atoms in total. The van der Waals surface area contributed by atoms with Crippen molar-refractivity contribution in [3.05, 3.63) is 84.4 Å². The van der Waals surface area contributed by atoms with Crippen LogP contribution in [-0.2, 0) is 13.7 Å². The molecule has 0 unspecified atom stereocenters. The third-order valence-corrected chi connectivity index (χ3v) is 4.15. The van der Waals surface area contributed by atoms with Gasteiger partial charge in [0, 0.05) is 12.7 Å². The van der Waals surface area contributed by atoms with E-state index in [1.165, 1.54) is 0 Å². The highest BCUT2D eigenvalue weighted by Gasteiger charge is 2.07. The summed E-state index contributed by atoms with van der Waals surface area (Å²) in [5.74, 6) is 1.67. The lowest BCUT2D eigenvalue weighted by atomic mass is 10.2. The molecule has 25 heavy (non-hydrogen) atoms. The highest BCUT2D eigenvalue weighted by Crippen LogP contribution is 2.23. The van der Waals surface area contributed by atoms with Gasteiger partial charge in [-0.25, -0.2) is 4.98 Å². The first-order chi connectivity index (χ1) is 12.3. The van der Waals surface area contributed by atoms with E-state index >= 15 is 0 Å². The number of benzene rings is 3. The summed E-state index contributed by atoms with van der Waals surface area (Å²) in [7, 11) is 2.01. The van der Waals surface area contributed by atoms with Crippen molar-refractivity contribution in [2.24, 2.45) is 7.05 Å². The van der Waals surface area contributed by atoms with Crippen LogP contribution in [0.1, 0.15) is 5.56 Å². The smallest absolute Gasteiger partial charge is 0.208 e. The van der Waals surface area contributed by atoms with Crippen molar-refractivity contribution in [2.75, 3.05) is 5.32 Å². The van der Waals surface area contributed by atoms with Crippen LogP contribution in [0.2, 0.25) is 0 Å². The molecule has 0 radical (unpaired) electrons. The number of hydrogen-bond acceptors (Lipinski definition) is 3. The minimum atomic E-state index is 0.568.